The molecule has 0 saturated heterocycles. The van der Waals surface area contributed by atoms with Gasteiger partial charge in [0, 0.05) is 11.9 Å². The minimum absolute atomic E-state index is 0.361. The van der Waals surface area contributed by atoms with Crippen molar-refractivity contribution >= 4 is 17.3 Å². The van der Waals surface area contributed by atoms with Crippen molar-refractivity contribution in [1.82, 2.24) is 10.3 Å². The third-order valence-corrected chi connectivity index (χ3v) is 3.20. The Hall–Kier alpha value is -0.940. The molecule has 5 heteroatoms. The highest BCUT2D eigenvalue weighted by Gasteiger charge is 2.20. The molecule has 15 heavy (non-hydrogen) atoms. The van der Waals surface area contributed by atoms with Gasteiger partial charge in [0.25, 0.3) is 0 Å². The normalized spacial score (nSPS) is 15.3. The fourth-order valence-electron chi connectivity index (χ4n) is 1.30. The van der Waals surface area contributed by atoms with Crippen LogP contribution in [0.5, 0.6) is 0 Å². The Labute approximate surface area is 92.7 Å². The Kier molecular flexibility index (Phi) is 3.33. The molecule has 0 atom stereocenters. The van der Waals surface area contributed by atoms with Crippen LogP contribution in [0.3, 0.4) is 0 Å². The molecule has 1 fully saturated rings. The zero-order valence-electron chi connectivity index (χ0n) is 8.66. The minimum Gasteiger partial charge on any atom is -0.464 e. The third-order valence-electron chi connectivity index (χ3n) is 2.35. The zero-order chi connectivity index (χ0) is 10.7. The SMILES string of the molecule is COC(=O)c1csc(CNCC2CC2)n1. The van der Waals surface area contributed by atoms with Crippen LogP contribution in [0.2, 0.25) is 0 Å². The number of nitrogens with zero attached hydrogens (tertiary/aromatic N) is 1. The standard InChI is InChI=1S/C10H14N2O2S/c1-14-10(13)8-6-15-9(12-8)5-11-4-7-2-3-7/h6-7,11H,2-5H2,1H3. The second-order valence-corrected chi connectivity index (χ2v) is 4.63. The number of ether oxygens (including phenoxy) is 1. The molecule has 1 heterocycles. The third kappa shape index (κ3) is 3.00. The molecular formula is C10H14N2O2S. The Morgan fingerprint density at radius 2 is 2.53 bits per heavy atom. The number of esters is 1. The number of rotatable bonds is 5. The number of thiazole rings is 1. The smallest absolute Gasteiger partial charge is 0.357 e. The van der Waals surface area contributed by atoms with Gasteiger partial charge in [-0.3, -0.25) is 0 Å². The topological polar surface area (TPSA) is 51.2 Å². The van der Waals surface area contributed by atoms with Crippen LogP contribution in [0.4, 0.5) is 0 Å². The van der Waals surface area contributed by atoms with Crippen molar-refractivity contribution in [3.05, 3.63) is 16.1 Å². The van der Waals surface area contributed by atoms with Gasteiger partial charge in [0.1, 0.15) is 5.01 Å². The van der Waals surface area contributed by atoms with E-state index in [1.807, 2.05) is 0 Å². The van der Waals surface area contributed by atoms with Crippen molar-refractivity contribution in [3.8, 4) is 0 Å². The van der Waals surface area contributed by atoms with E-state index in [-0.39, 0.29) is 5.97 Å². The van der Waals surface area contributed by atoms with E-state index in [0.717, 1.165) is 24.0 Å². The highest BCUT2D eigenvalue weighted by molar-refractivity contribution is 7.09. The molecule has 1 aromatic rings. The van der Waals surface area contributed by atoms with Crippen molar-refractivity contribution < 1.29 is 9.53 Å². The first kappa shape index (κ1) is 10.6. The summed E-state index contributed by atoms with van der Waals surface area (Å²) >= 11 is 1.49. The van der Waals surface area contributed by atoms with Crippen molar-refractivity contribution in [3.63, 3.8) is 0 Å². The molecular weight excluding hydrogens is 212 g/mol. The van der Waals surface area contributed by atoms with Gasteiger partial charge in [-0.2, -0.15) is 0 Å². The Morgan fingerprint density at radius 1 is 1.73 bits per heavy atom. The average Bonchev–Trinajstić information content (AvgIpc) is 2.94. The van der Waals surface area contributed by atoms with Gasteiger partial charge in [-0.25, -0.2) is 9.78 Å². The van der Waals surface area contributed by atoms with E-state index in [1.54, 1.807) is 5.38 Å². The summed E-state index contributed by atoms with van der Waals surface area (Å²) in [6, 6.07) is 0. The fourth-order valence-corrected chi connectivity index (χ4v) is 2.03. The van der Waals surface area contributed by atoms with Crippen molar-refractivity contribution in [1.29, 1.82) is 0 Å². The van der Waals surface area contributed by atoms with Crippen LogP contribution in [0.1, 0.15) is 28.3 Å². The van der Waals surface area contributed by atoms with E-state index < -0.39 is 0 Å². The molecule has 0 radical (unpaired) electrons. The Balaban J connectivity index is 1.80. The lowest BCUT2D eigenvalue weighted by Gasteiger charge is -1.98. The molecule has 1 N–H and O–H groups in total. The molecule has 0 amide bonds. The molecule has 0 bridgehead atoms. The van der Waals surface area contributed by atoms with Crippen LogP contribution in [0.15, 0.2) is 5.38 Å². The first-order valence-corrected chi connectivity index (χ1v) is 5.91. The number of carbonyl (C=O) groups excluding carboxylic acids is 1. The number of nitrogens with one attached hydrogen (secondary N) is 1. The van der Waals surface area contributed by atoms with E-state index in [9.17, 15) is 4.79 Å². The highest BCUT2D eigenvalue weighted by atomic mass is 32.1. The molecule has 1 aliphatic rings. The van der Waals surface area contributed by atoms with E-state index in [4.69, 9.17) is 0 Å². The number of hydrogen-bond acceptors (Lipinski definition) is 5. The van der Waals surface area contributed by atoms with Gasteiger partial charge in [-0.05, 0) is 25.3 Å². The molecule has 1 saturated carbocycles. The van der Waals surface area contributed by atoms with E-state index in [0.29, 0.717) is 5.69 Å². The molecule has 2 rings (SSSR count). The number of methoxy groups -OCH3 is 1. The minimum atomic E-state index is -0.361. The predicted molar refractivity (Wildman–Crippen MR) is 57.9 cm³/mol. The van der Waals surface area contributed by atoms with E-state index in [2.05, 4.69) is 15.0 Å². The number of carbonyl (C=O) groups is 1. The second kappa shape index (κ2) is 4.72. The summed E-state index contributed by atoms with van der Waals surface area (Å²) in [6.45, 7) is 1.81. The van der Waals surface area contributed by atoms with Crippen molar-refractivity contribution in [2.45, 2.75) is 19.4 Å². The van der Waals surface area contributed by atoms with Gasteiger partial charge in [-0.1, -0.05) is 0 Å². The van der Waals surface area contributed by atoms with Crippen LogP contribution in [0, 0.1) is 5.92 Å². The van der Waals surface area contributed by atoms with Crippen LogP contribution in [-0.2, 0) is 11.3 Å². The first-order valence-electron chi connectivity index (χ1n) is 5.03. The summed E-state index contributed by atoms with van der Waals surface area (Å²) < 4.78 is 4.59. The quantitative estimate of drug-likeness (QED) is 0.772. The average molecular weight is 226 g/mol. The summed E-state index contributed by atoms with van der Waals surface area (Å²) in [4.78, 5) is 15.3. The molecule has 0 aliphatic heterocycles. The fraction of sp³-hybridized carbons (Fsp3) is 0.600. The Morgan fingerprint density at radius 3 is 3.20 bits per heavy atom. The molecule has 0 aromatic carbocycles. The van der Waals surface area contributed by atoms with Gasteiger partial charge >= 0.3 is 5.97 Å². The summed E-state index contributed by atoms with van der Waals surface area (Å²) in [6.07, 6.45) is 2.69. The van der Waals surface area contributed by atoms with Crippen molar-refractivity contribution in [2.24, 2.45) is 5.92 Å². The van der Waals surface area contributed by atoms with Crippen LogP contribution in [-0.4, -0.2) is 24.6 Å². The van der Waals surface area contributed by atoms with Crippen LogP contribution in [0.25, 0.3) is 0 Å². The van der Waals surface area contributed by atoms with Crippen molar-refractivity contribution in [2.75, 3.05) is 13.7 Å². The predicted octanol–water partition coefficient (Wildman–Crippen LogP) is 1.43. The lowest BCUT2D eigenvalue weighted by Crippen LogP contribution is -2.16. The van der Waals surface area contributed by atoms with Gasteiger partial charge < -0.3 is 10.1 Å². The molecule has 0 unspecified atom stereocenters. The van der Waals surface area contributed by atoms with E-state index >= 15 is 0 Å². The lowest BCUT2D eigenvalue weighted by atomic mass is 10.4. The maximum Gasteiger partial charge on any atom is 0.357 e. The van der Waals surface area contributed by atoms with Gasteiger partial charge in [0.05, 0.1) is 7.11 Å². The first-order chi connectivity index (χ1) is 7.29. The van der Waals surface area contributed by atoms with E-state index in [1.165, 1.54) is 31.3 Å². The summed E-state index contributed by atoms with van der Waals surface area (Å²) in [5.74, 6) is 0.504. The highest BCUT2D eigenvalue weighted by Crippen LogP contribution is 2.27. The second-order valence-electron chi connectivity index (χ2n) is 3.69. The molecule has 1 aliphatic carbocycles. The summed E-state index contributed by atoms with van der Waals surface area (Å²) in [5, 5.41) is 6.01. The zero-order valence-corrected chi connectivity index (χ0v) is 9.47. The molecule has 1 aromatic heterocycles. The molecule has 0 spiro atoms. The van der Waals surface area contributed by atoms with Gasteiger partial charge in [0.2, 0.25) is 0 Å². The monoisotopic (exact) mass is 226 g/mol. The molecule has 82 valence electrons. The maximum atomic E-state index is 11.1. The van der Waals surface area contributed by atoms with Crippen LogP contribution < -0.4 is 5.32 Å². The maximum absolute atomic E-state index is 11.1. The number of aromatic nitrogens is 1. The number of hydrogen-bond donors (Lipinski definition) is 1. The summed E-state index contributed by atoms with van der Waals surface area (Å²) in [5.41, 5.74) is 0.408. The molecule has 4 nitrogen and oxygen atoms in total. The summed E-state index contributed by atoms with van der Waals surface area (Å²) in [7, 11) is 1.37. The lowest BCUT2D eigenvalue weighted by molar-refractivity contribution is 0.0594. The van der Waals surface area contributed by atoms with Gasteiger partial charge in [-0.15, -0.1) is 11.3 Å². The Bertz CT molecular complexity index is 347. The largest absolute Gasteiger partial charge is 0.464 e. The van der Waals surface area contributed by atoms with Crippen LogP contribution >= 0.6 is 11.3 Å². The van der Waals surface area contributed by atoms with Gasteiger partial charge in [0.15, 0.2) is 5.69 Å².